The van der Waals surface area contributed by atoms with Crippen LogP contribution in [-0.4, -0.2) is 38.5 Å². The van der Waals surface area contributed by atoms with Crippen molar-refractivity contribution in [2.24, 2.45) is 0 Å². The van der Waals surface area contributed by atoms with Crippen molar-refractivity contribution in [3.8, 4) is 0 Å². The predicted molar refractivity (Wildman–Crippen MR) is 60.8 cm³/mol. The largest absolute Gasteiger partial charge is 0.319 e. The van der Waals surface area contributed by atoms with Gasteiger partial charge in [0, 0.05) is 19.2 Å². The van der Waals surface area contributed by atoms with Crippen molar-refractivity contribution >= 4 is 21.2 Å². The molecule has 7 heteroatoms. The first-order chi connectivity index (χ1) is 6.95. The van der Waals surface area contributed by atoms with Gasteiger partial charge in [-0.25, -0.2) is 8.42 Å². The molecule has 1 rings (SSSR count). The van der Waals surface area contributed by atoms with Crippen LogP contribution < -0.4 is 5.32 Å². The minimum Gasteiger partial charge on any atom is -0.319 e. The highest BCUT2D eigenvalue weighted by atomic mass is 32.2. The van der Waals surface area contributed by atoms with Crippen molar-refractivity contribution in [2.45, 2.75) is 18.6 Å². The number of nitrogens with one attached hydrogen (secondary N) is 1. The predicted octanol–water partition coefficient (Wildman–Crippen LogP) is 0.406. The third-order valence-corrected chi connectivity index (χ3v) is 4.88. The van der Waals surface area contributed by atoms with Gasteiger partial charge in [0.1, 0.15) is 15.3 Å². The Labute approximate surface area is 93.8 Å². The molecule has 0 saturated carbocycles. The van der Waals surface area contributed by atoms with Crippen LogP contribution in [-0.2, 0) is 16.3 Å². The van der Waals surface area contributed by atoms with Crippen LogP contribution >= 0.6 is 11.3 Å². The van der Waals surface area contributed by atoms with Gasteiger partial charge in [-0.05, 0) is 14.0 Å². The third kappa shape index (κ3) is 3.51. The lowest BCUT2D eigenvalue weighted by molar-refractivity contribution is 0.591. The van der Waals surface area contributed by atoms with Crippen LogP contribution in [0, 0.1) is 0 Å². The van der Waals surface area contributed by atoms with E-state index in [1.807, 2.05) is 7.05 Å². The Hall–Kier alpha value is -0.530. The lowest BCUT2D eigenvalue weighted by atomic mass is 10.4. The lowest BCUT2D eigenvalue weighted by Gasteiger charge is -2.02. The van der Waals surface area contributed by atoms with Crippen LogP contribution in [0.4, 0.5) is 0 Å². The molecule has 0 aromatic carbocycles. The molecule has 1 unspecified atom stereocenters. The van der Waals surface area contributed by atoms with Crippen LogP contribution in [0.3, 0.4) is 0 Å². The molecule has 5 nitrogen and oxygen atoms in total. The van der Waals surface area contributed by atoms with Crippen molar-refractivity contribution in [3.05, 3.63) is 10.0 Å². The molecule has 1 N–H and O–H groups in total. The van der Waals surface area contributed by atoms with E-state index in [2.05, 4.69) is 15.5 Å². The molecule has 15 heavy (non-hydrogen) atoms. The van der Waals surface area contributed by atoms with E-state index in [0.29, 0.717) is 5.01 Å². The topological polar surface area (TPSA) is 72.0 Å². The maximum absolute atomic E-state index is 11.3. The summed E-state index contributed by atoms with van der Waals surface area (Å²) in [6.07, 6.45) is 2.00. The van der Waals surface area contributed by atoms with Crippen molar-refractivity contribution in [1.29, 1.82) is 0 Å². The molecule has 1 aromatic heterocycles. The Balaban J connectivity index is 2.76. The molecule has 0 aliphatic heterocycles. The Bertz CT molecular complexity index is 413. The van der Waals surface area contributed by atoms with Crippen molar-refractivity contribution in [2.75, 3.05) is 19.8 Å². The van der Waals surface area contributed by atoms with Crippen LogP contribution in [0.1, 0.15) is 22.2 Å². The Morgan fingerprint density at radius 3 is 2.67 bits per heavy atom. The van der Waals surface area contributed by atoms with Crippen molar-refractivity contribution in [3.63, 3.8) is 0 Å². The van der Waals surface area contributed by atoms with Gasteiger partial charge >= 0.3 is 0 Å². The summed E-state index contributed by atoms with van der Waals surface area (Å²) in [5.74, 6) is 0. The molecule has 0 saturated heterocycles. The summed E-state index contributed by atoms with van der Waals surface area (Å²) in [7, 11) is -1.21. The van der Waals surface area contributed by atoms with E-state index in [9.17, 15) is 8.42 Å². The molecular weight excluding hydrogens is 234 g/mol. The van der Waals surface area contributed by atoms with E-state index in [0.717, 1.165) is 18.0 Å². The van der Waals surface area contributed by atoms with Crippen LogP contribution in [0.2, 0.25) is 0 Å². The number of aromatic nitrogens is 2. The SMILES string of the molecule is CNCCc1nnc(C(C)S(C)(=O)=O)s1. The molecule has 0 spiro atoms. The Morgan fingerprint density at radius 2 is 2.13 bits per heavy atom. The molecule has 1 atom stereocenters. The zero-order chi connectivity index (χ0) is 11.5. The van der Waals surface area contributed by atoms with Gasteiger partial charge in [0.2, 0.25) is 0 Å². The first-order valence-electron chi connectivity index (χ1n) is 4.61. The number of rotatable bonds is 5. The second kappa shape index (κ2) is 5.00. The highest BCUT2D eigenvalue weighted by Gasteiger charge is 2.21. The molecule has 0 radical (unpaired) electrons. The molecule has 0 fully saturated rings. The minimum absolute atomic E-state index is 0.557. The summed E-state index contributed by atoms with van der Waals surface area (Å²) in [6.45, 7) is 2.46. The summed E-state index contributed by atoms with van der Waals surface area (Å²) in [5.41, 5.74) is 0. The zero-order valence-corrected chi connectivity index (χ0v) is 10.7. The Kier molecular flexibility index (Phi) is 4.18. The summed E-state index contributed by atoms with van der Waals surface area (Å²) in [6, 6.07) is 0. The third-order valence-electron chi connectivity index (χ3n) is 2.06. The molecular formula is C8H15N3O2S2. The first-order valence-corrected chi connectivity index (χ1v) is 7.38. The molecule has 0 bridgehead atoms. The van der Waals surface area contributed by atoms with Gasteiger partial charge in [-0.3, -0.25) is 0 Å². The van der Waals surface area contributed by atoms with Gasteiger partial charge in [0.15, 0.2) is 9.84 Å². The average Bonchev–Trinajstić information content (AvgIpc) is 2.60. The standard InChI is InChI=1S/C8H15N3O2S2/c1-6(15(3,12)13)8-11-10-7(14-8)4-5-9-2/h6,9H,4-5H2,1-3H3. The van der Waals surface area contributed by atoms with Gasteiger partial charge in [0.25, 0.3) is 0 Å². The number of sulfone groups is 1. The second-order valence-electron chi connectivity index (χ2n) is 3.36. The maximum atomic E-state index is 11.3. The fourth-order valence-electron chi connectivity index (χ4n) is 0.947. The number of hydrogen-bond acceptors (Lipinski definition) is 6. The van der Waals surface area contributed by atoms with Gasteiger partial charge in [-0.15, -0.1) is 21.5 Å². The molecule has 1 aromatic rings. The Morgan fingerprint density at radius 1 is 1.47 bits per heavy atom. The van der Waals surface area contributed by atoms with Gasteiger partial charge < -0.3 is 5.32 Å². The number of nitrogens with zero attached hydrogens (tertiary/aromatic N) is 2. The minimum atomic E-state index is -3.07. The summed E-state index contributed by atoms with van der Waals surface area (Å²) >= 11 is 1.37. The average molecular weight is 249 g/mol. The quantitative estimate of drug-likeness (QED) is 0.818. The van der Waals surface area contributed by atoms with E-state index in [1.165, 1.54) is 17.6 Å². The molecule has 86 valence electrons. The zero-order valence-electron chi connectivity index (χ0n) is 9.02. The summed E-state index contributed by atoms with van der Waals surface area (Å²) in [5, 5.41) is 11.7. The fourth-order valence-corrected chi connectivity index (χ4v) is 2.80. The maximum Gasteiger partial charge on any atom is 0.156 e. The number of likely N-dealkylation sites (N-methyl/N-ethyl adjacent to an activating group) is 1. The summed E-state index contributed by atoms with van der Waals surface area (Å²) in [4.78, 5) is 0. The monoisotopic (exact) mass is 249 g/mol. The summed E-state index contributed by atoms with van der Waals surface area (Å²) < 4.78 is 22.6. The molecule has 0 amide bonds. The van der Waals surface area contributed by atoms with E-state index < -0.39 is 15.1 Å². The fraction of sp³-hybridized carbons (Fsp3) is 0.750. The second-order valence-corrected chi connectivity index (χ2v) is 6.82. The first kappa shape index (κ1) is 12.5. The van der Waals surface area contributed by atoms with Gasteiger partial charge in [-0.2, -0.15) is 0 Å². The smallest absolute Gasteiger partial charge is 0.156 e. The van der Waals surface area contributed by atoms with E-state index in [-0.39, 0.29) is 0 Å². The van der Waals surface area contributed by atoms with E-state index in [1.54, 1.807) is 6.92 Å². The highest BCUT2D eigenvalue weighted by Crippen LogP contribution is 2.24. The molecule has 0 aliphatic rings. The number of hydrogen-bond donors (Lipinski definition) is 1. The van der Waals surface area contributed by atoms with E-state index >= 15 is 0 Å². The lowest BCUT2D eigenvalue weighted by Crippen LogP contribution is -2.09. The normalized spacial score (nSPS) is 14.1. The molecule has 1 heterocycles. The van der Waals surface area contributed by atoms with E-state index in [4.69, 9.17) is 0 Å². The highest BCUT2D eigenvalue weighted by molar-refractivity contribution is 7.91. The van der Waals surface area contributed by atoms with Crippen LogP contribution in [0.25, 0.3) is 0 Å². The van der Waals surface area contributed by atoms with Crippen LogP contribution in [0.5, 0.6) is 0 Å². The van der Waals surface area contributed by atoms with Crippen molar-refractivity contribution in [1.82, 2.24) is 15.5 Å². The molecule has 0 aliphatic carbocycles. The van der Waals surface area contributed by atoms with Gasteiger partial charge in [0.05, 0.1) is 0 Å². The van der Waals surface area contributed by atoms with Gasteiger partial charge in [-0.1, -0.05) is 0 Å². The van der Waals surface area contributed by atoms with Crippen LogP contribution in [0.15, 0.2) is 0 Å². The van der Waals surface area contributed by atoms with Crippen molar-refractivity contribution < 1.29 is 8.42 Å².